The van der Waals surface area contributed by atoms with Crippen LogP contribution in [-0.2, 0) is 30.3 Å². The highest BCUT2D eigenvalue weighted by Gasteiger charge is 2.35. The van der Waals surface area contributed by atoms with E-state index in [0.717, 1.165) is 5.56 Å². The van der Waals surface area contributed by atoms with Crippen molar-refractivity contribution in [3.05, 3.63) is 35.9 Å². The van der Waals surface area contributed by atoms with Crippen LogP contribution in [0.3, 0.4) is 0 Å². The molecule has 0 aliphatic carbocycles. The minimum Gasteiger partial charge on any atom is -0.452 e. The Balaban J connectivity index is 2.15. The molecule has 2 atom stereocenters. The minimum atomic E-state index is -1.15. The molecule has 0 unspecified atom stereocenters. The number of amides is 1. The number of esters is 1. The van der Waals surface area contributed by atoms with Gasteiger partial charge in [-0.2, -0.15) is 0 Å². The van der Waals surface area contributed by atoms with Crippen molar-refractivity contribution in [1.29, 1.82) is 0 Å². The van der Waals surface area contributed by atoms with E-state index in [1.165, 1.54) is 6.92 Å². The van der Waals surface area contributed by atoms with Crippen LogP contribution < -0.4 is 0 Å². The van der Waals surface area contributed by atoms with Gasteiger partial charge in [0.05, 0.1) is 19.1 Å². The fraction of sp³-hybridized carbons (Fsp3) is 0.471. The second-order valence-electron chi connectivity index (χ2n) is 5.38. The van der Waals surface area contributed by atoms with E-state index in [4.69, 9.17) is 9.47 Å². The Morgan fingerprint density at radius 1 is 1.26 bits per heavy atom. The van der Waals surface area contributed by atoms with Crippen LogP contribution in [0.25, 0.3) is 0 Å². The number of carbonyl (C=O) groups is 2. The van der Waals surface area contributed by atoms with Crippen molar-refractivity contribution in [2.75, 3.05) is 26.3 Å². The second kappa shape index (κ2) is 8.43. The van der Waals surface area contributed by atoms with Crippen molar-refractivity contribution in [2.24, 2.45) is 5.92 Å². The van der Waals surface area contributed by atoms with Gasteiger partial charge in [0.15, 0.2) is 6.10 Å². The van der Waals surface area contributed by atoms with Gasteiger partial charge in [0.1, 0.15) is 0 Å². The van der Waals surface area contributed by atoms with Gasteiger partial charge in [-0.05, 0) is 12.0 Å². The predicted molar refractivity (Wildman–Crippen MR) is 82.3 cm³/mol. The van der Waals surface area contributed by atoms with E-state index in [1.54, 1.807) is 4.90 Å². The van der Waals surface area contributed by atoms with E-state index in [9.17, 15) is 14.4 Å². The van der Waals surface area contributed by atoms with Crippen molar-refractivity contribution in [3.8, 4) is 0 Å². The number of hydrogen-bond acceptors (Lipinski definition) is 5. The fourth-order valence-corrected chi connectivity index (χ4v) is 2.53. The zero-order chi connectivity index (χ0) is 16.7. The van der Waals surface area contributed by atoms with E-state index in [1.807, 2.05) is 36.6 Å². The highest BCUT2D eigenvalue weighted by molar-refractivity contribution is 5.86. The van der Waals surface area contributed by atoms with E-state index in [2.05, 4.69) is 0 Å². The lowest BCUT2D eigenvalue weighted by molar-refractivity contribution is -0.162. The van der Waals surface area contributed by atoms with E-state index in [-0.39, 0.29) is 5.91 Å². The van der Waals surface area contributed by atoms with Crippen LogP contribution >= 0.6 is 0 Å². The van der Waals surface area contributed by atoms with Gasteiger partial charge < -0.3 is 14.4 Å². The van der Waals surface area contributed by atoms with E-state index < -0.39 is 18.0 Å². The molecule has 1 aromatic rings. The number of rotatable bonds is 6. The molecule has 1 aromatic carbocycles. The first-order valence-electron chi connectivity index (χ1n) is 7.57. The van der Waals surface area contributed by atoms with Crippen molar-refractivity contribution in [2.45, 2.75) is 19.4 Å². The van der Waals surface area contributed by atoms with Crippen molar-refractivity contribution in [3.63, 3.8) is 0 Å². The topological polar surface area (TPSA) is 72.9 Å². The Labute approximate surface area is 135 Å². The standard InChI is InChI=1S/C17H20NO5/c1-13(20)23-16(17(21)18-7-9-22-10-8-18)15(12-19)11-14-5-3-2-4-6-14/h2-6,15-16H,7-11H2,1H3/t15-,16-/m0/s1. The van der Waals surface area contributed by atoms with Crippen molar-refractivity contribution >= 4 is 18.2 Å². The van der Waals surface area contributed by atoms with E-state index >= 15 is 0 Å². The molecule has 6 nitrogen and oxygen atoms in total. The van der Waals surface area contributed by atoms with Gasteiger partial charge in [0.25, 0.3) is 5.91 Å². The molecule has 1 radical (unpaired) electrons. The highest BCUT2D eigenvalue weighted by Crippen LogP contribution is 2.17. The molecule has 1 heterocycles. The van der Waals surface area contributed by atoms with Crippen LogP contribution in [0, 0.1) is 5.92 Å². The summed E-state index contributed by atoms with van der Waals surface area (Å²) in [6.07, 6.45) is 1.01. The maximum Gasteiger partial charge on any atom is 0.303 e. The van der Waals surface area contributed by atoms with Crippen LogP contribution in [-0.4, -0.2) is 55.5 Å². The van der Waals surface area contributed by atoms with Crippen LogP contribution in [0.2, 0.25) is 0 Å². The van der Waals surface area contributed by atoms with Crippen LogP contribution in [0.4, 0.5) is 0 Å². The summed E-state index contributed by atoms with van der Waals surface area (Å²) in [7, 11) is 0. The Morgan fingerprint density at radius 2 is 1.91 bits per heavy atom. The molecule has 1 aliphatic rings. The number of nitrogens with zero attached hydrogens (tertiary/aromatic N) is 1. The third kappa shape index (κ3) is 4.89. The van der Waals surface area contributed by atoms with Crippen molar-refractivity contribution < 1.29 is 23.9 Å². The summed E-state index contributed by atoms with van der Waals surface area (Å²) in [5, 5.41) is 0. The van der Waals surface area contributed by atoms with Gasteiger partial charge >= 0.3 is 5.97 Å². The molecule has 0 spiro atoms. The Morgan fingerprint density at radius 3 is 2.48 bits per heavy atom. The summed E-state index contributed by atoms with van der Waals surface area (Å²) in [6, 6.07) is 9.28. The zero-order valence-corrected chi connectivity index (χ0v) is 13.1. The molecule has 123 valence electrons. The summed E-state index contributed by atoms with van der Waals surface area (Å²) in [6.45, 7) is 2.95. The first kappa shape index (κ1) is 17.1. The molecule has 1 amide bonds. The van der Waals surface area contributed by atoms with Gasteiger partial charge in [-0.25, -0.2) is 0 Å². The number of morpholine rings is 1. The van der Waals surface area contributed by atoms with Crippen LogP contribution in [0.5, 0.6) is 0 Å². The average Bonchev–Trinajstić information content (AvgIpc) is 2.59. The van der Waals surface area contributed by atoms with Gasteiger partial charge in [0, 0.05) is 20.0 Å². The third-order valence-corrected chi connectivity index (χ3v) is 3.67. The van der Waals surface area contributed by atoms with Crippen LogP contribution in [0.15, 0.2) is 30.3 Å². The largest absolute Gasteiger partial charge is 0.452 e. The molecular weight excluding hydrogens is 298 g/mol. The molecule has 0 N–H and O–H groups in total. The first-order chi connectivity index (χ1) is 11.1. The lowest BCUT2D eigenvalue weighted by Crippen LogP contribution is -2.49. The van der Waals surface area contributed by atoms with Gasteiger partial charge in [-0.1, -0.05) is 30.3 Å². The Kier molecular flexibility index (Phi) is 6.29. The van der Waals surface area contributed by atoms with E-state index in [0.29, 0.717) is 32.7 Å². The number of carbonyl (C=O) groups excluding carboxylic acids is 3. The average molecular weight is 318 g/mol. The fourth-order valence-electron chi connectivity index (χ4n) is 2.53. The molecule has 1 aliphatic heterocycles. The zero-order valence-electron chi connectivity index (χ0n) is 13.1. The Hall–Kier alpha value is -2.21. The summed E-state index contributed by atoms with van der Waals surface area (Å²) in [4.78, 5) is 37.0. The molecule has 23 heavy (non-hydrogen) atoms. The smallest absolute Gasteiger partial charge is 0.303 e. The highest BCUT2D eigenvalue weighted by atomic mass is 16.5. The summed E-state index contributed by atoms with van der Waals surface area (Å²) in [5.41, 5.74) is 0.882. The van der Waals surface area contributed by atoms with Crippen LogP contribution in [0.1, 0.15) is 12.5 Å². The summed E-state index contributed by atoms with van der Waals surface area (Å²) in [5.74, 6) is -1.80. The quantitative estimate of drug-likeness (QED) is 0.724. The normalized spacial score (nSPS) is 17.2. The van der Waals surface area contributed by atoms with Gasteiger partial charge in [0.2, 0.25) is 6.29 Å². The minimum absolute atomic E-state index is 0.290. The molecule has 0 aromatic heterocycles. The Bertz CT molecular complexity index is 539. The number of ether oxygens (including phenoxy) is 2. The molecule has 6 heteroatoms. The second-order valence-corrected chi connectivity index (χ2v) is 5.38. The maximum atomic E-state index is 12.6. The lowest BCUT2D eigenvalue weighted by Gasteiger charge is -2.31. The van der Waals surface area contributed by atoms with Gasteiger partial charge in [-0.15, -0.1) is 0 Å². The maximum absolute atomic E-state index is 12.6. The molecular formula is C17H20NO5. The third-order valence-electron chi connectivity index (χ3n) is 3.67. The first-order valence-corrected chi connectivity index (χ1v) is 7.57. The molecule has 1 saturated heterocycles. The predicted octanol–water partition coefficient (Wildman–Crippen LogP) is 0.746. The number of hydrogen-bond donors (Lipinski definition) is 0. The lowest BCUT2D eigenvalue weighted by atomic mass is 9.94. The molecule has 1 fully saturated rings. The summed E-state index contributed by atoms with van der Waals surface area (Å²) >= 11 is 0. The summed E-state index contributed by atoms with van der Waals surface area (Å²) < 4.78 is 10.4. The molecule has 2 rings (SSSR count). The monoisotopic (exact) mass is 318 g/mol. The number of benzene rings is 1. The molecule has 0 bridgehead atoms. The molecule has 0 saturated carbocycles. The SMILES string of the molecule is CC(=O)O[C@H](C(=O)N1CCOCC1)[C@H]([C]=O)Cc1ccccc1. The van der Waals surface area contributed by atoms with Gasteiger partial charge in [-0.3, -0.25) is 14.4 Å². The van der Waals surface area contributed by atoms with Crippen molar-refractivity contribution in [1.82, 2.24) is 4.90 Å².